The van der Waals surface area contributed by atoms with Crippen LogP contribution in [0.15, 0.2) is 54.9 Å². The fourth-order valence-corrected chi connectivity index (χ4v) is 3.10. The number of piperazine rings is 1. The summed E-state index contributed by atoms with van der Waals surface area (Å²) in [7, 11) is 1.58. The van der Waals surface area contributed by atoms with Gasteiger partial charge in [0.25, 0.3) is 5.91 Å². The molecule has 0 spiro atoms. The molecule has 3 aromatic rings. The summed E-state index contributed by atoms with van der Waals surface area (Å²) in [5.74, 6) is 1.84. The maximum absolute atomic E-state index is 12.4. The summed E-state index contributed by atoms with van der Waals surface area (Å²) in [4.78, 5) is 25.3. The Morgan fingerprint density at radius 2 is 1.72 bits per heavy atom. The molecule has 1 aliphatic heterocycles. The molecule has 148 valence electrons. The molecule has 1 amide bonds. The van der Waals surface area contributed by atoms with Crippen molar-refractivity contribution in [2.24, 2.45) is 0 Å². The number of hydrogen-bond acceptors (Lipinski definition) is 8. The smallest absolute Gasteiger partial charge is 0.276 e. The summed E-state index contributed by atoms with van der Waals surface area (Å²) < 4.78 is 5.16. The van der Waals surface area contributed by atoms with E-state index in [1.165, 1.54) is 0 Å². The highest BCUT2D eigenvalue weighted by Gasteiger charge is 2.20. The molecule has 1 N–H and O–H groups in total. The first kappa shape index (κ1) is 18.6. The molecule has 3 heterocycles. The quantitative estimate of drug-likeness (QED) is 0.704. The molecule has 0 aliphatic carbocycles. The van der Waals surface area contributed by atoms with E-state index in [4.69, 9.17) is 4.74 Å². The van der Waals surface area contributed by atoms with E-state index in [2.05, 4.69) is 35.3 Å². The van der Waals surface area contributed by atoms with Gasteiger partial charge in [0.1, 0.15) is 5.75 Å². The third-order valence-electron chi connectivity index (χ3n) is 4.65. The summed E-state index contributed by atoms with van der Waals surface area (Å²) in [6, 6.07) is 12.5. The average Bonchev–Trinajstić information content (AvgIpc) is 2.80. The highest BCUT2D eigenvalue weighted by molar-refractivity contribution is 6.02. The molecule has 9 heteroatoms. The van der Waals surface area contributed by atoms with E-state index < -0.39 is 0 Å². The lowest BCUT2D eigenvalue weighted by molar-refractivity contribution is 0.102. The minimum absolute atomic E-state index is 0.257. The molecule has 1 saturated heterocycles. The second kappa shape index (κ2) is 8.51. The van der Waals surface area contributed by atoms with Crippen LogP contribution in [0.5, 0.6) is 5.75 Å². The molecule has 0 saturated carbocycles. The number of aromatic nitrogens is 4. The van der Waals surface area contributed by atoms with E-state index in [0.717, 1.165) is 37.9 Å². The molecule has 4 rings (SSSR count). The number of amides is 1. The van der Waals surface area contributed by atoms with Gasteiger partial charge in [-0.05, 0) is 30.3 Å². The lowest BCUT2D eigenvalue weighted by Gasteiger charge is -2.35. The third kappa shape index (κ3) is 4.40. The number of rotatable bonds is 5. The van der Waals surface area contributed by atoms with Crippen LogP contribution in [0.25, 0.3) is 0 Å². The zero-order chi connectivity index (χ0) is 20.1. The van der Waals surface area contributed by atoms with Crippen LogP contribution in [0.2, 0.25) is 0 Å². The van der Waals surface area contributed by atoms with Gasteiger partial charge in [-0.2, -0.15) is 0 Å². The van der Waals surface area contributed by atoms with Gasteiger partial charge in [0.05, 0.1) is 7.11 Å². The van der Waals surface area contributed by atoms with E-state index >= 15 is 0 Å². The maximum atomic E-state index is 12.4. The van der Waals surface area contributed by atoms with Crippen LogP contribution >= 0.6 is 0 Å². The van der Waals surface area contributed by atoms with E-state index in [1.54, 1.807) is 43.8 Å². The van der Waals surface area contributed by atoms with E-state index in [0.29, 0.717) is 11.4 Å². The number of methoxy groups -OCH3 is 1. The number of nitrogens with one attached hydrogen (secondary N) is 1. The number of anilines is 3. The van der Waals surface area contributed by atoms with E-state index in [9.17, 15) is 4.79 Å². The first-order valence-electron chi connectivity index (χ1n) is 9.29. The number of ether oxygens (including phenoxy) is 1. The lowest BCUT2D eigenvalue weighted by atomic mass is 10.2. The number of carbonyl (C=O) groups excluding carboxylic acids is 1. The van der Waals surface area contributed by atoms with Crippen LogP contribution in [-0.2, 0) is 0 Å². The minimum atomic E-state index is -0.316. The Labute approximate surface area is 168 Å². The van der Waals surface area contributed by atoms with Crippen LogP contribution in [0, 0.1) is 0 Å². The molecule has 0 atom stereocenters. The van der Waals surface area contributed by atoms with Crippen molar-refractivity contribution in [1.82, 2.24) is 20.2 Å². The van der Waals surface area contributed by atoms with E-state index in [-0.39, 0.29) is 11.6 Å². The molecule has 29 heavy (non-hydrogen) atoms. The van der Waals surface area contributed by atoms with Gasteiger partial charge in [0, 0.05) is 50.3 Å². The molecular formula is C20H21N7O2. The van der Waals surface area contributed by atoms with E-state index in [1.807, 2.05) is 18.2 Å². The average molecular weight is 391 g/mol. The SMILES string of the molecule is COc1cccc(NC(=O)c2ccc(N3CCN(c4ncccn4)CC3)nn2)c1. The summed E-state index contributed by atoms with van der Waals surface area (Å²) in [5, 5.41) is 11.1. The fourth-order valence-electron chi connectivity index (χ4n) is 3.10. The summed E-state index contributed by atoms with van der Waals surface area (Å²) in [5.41, 5.74) is 0.896. The number of benzene rings is 1. The Hall–Kier alpha value is -3.75. The molecule has 1 aromatic carbocycles. The second-order valence-electron chi connectivity index (χ2n) is 6.49. The predicted octanol–water partition coefficient (Wildman–Crippen LogP) is 1.85. The van der Waals surface area contributed by atoms with Crippen molar-refractivity contribution in [2.75, 3.05) is 48.4 Å². The fraction of sp³-hybridized carbons (Fsp3) is 0.250. The highest BCUT2D eigenvalue weighted by atomic mass is 16.5. The van der Waals surface area contributed by atoms with Crippen molar-refractivity contribution >= 4 is 23.4 Å². The Morgan fingerprint density at radius 3 is 2.41 bits per heavy atom. The lowest BCUT2D eigenvalue weighted by Crippen LogP contribution is -2.47. The molecule has 0 radical (unpaired) electrons. The summed E-state index contributed by atoms with van der Waals surface area (Å²) in [6.07, 6.45) is 3.49. The highest BCUT2D eigenvalue weighted by Crippen LogP contribution is 2.18. The largest absolute Gasteiger partial charge is 0.497 e. The van der Waals surface area contributed by atoms with Gasteiger partial charge >= 0.3 is 0 Å². The van der Waals surface area contributed by atoms with Crippen molar-refractivity contribution in [3.05, 3.63) is 60.6 Å². The van der Waals surface area contributed by atoms with Crippen molar-refractivity contribution < 1.29 is 9.53 Å². The van der Waals surface area contributed by atoms with Gasteiger partial charge in [-0.15, -0.1) is 10.2 Å². The first-order valence-corrected chi connectivity index (χ1v) is 9.29. The van der Waals surface area contributed by atoms with Gasteiger partial charge < -0.3 is 19.9 Å². The van der Waals surface area contributed by atoms with Crippen molar-refractivity contribution in [2.45, 2.75) is 0 Å². The van der Waals surface area contributed by atoms with Crippen LogP contribution in [0.4, 0.5) is 17.5 Å². The zero-order valence-corrected chi connectivity index (χ0v) is 16.0. The molecule has 0 bridgehead atoms. The zero-order valence-electron chi connectivity index (χ0n) is 16.0. The van der Waals surface area contributed by atoms with Crippen LogP contribution in [0.3, 0.4) is 0 Å². The number of nitrogens with zero attached hydrogens (tertiary/aromatic N) is 6. The Kier molecular flexibility index (Phi) is 5.46. The van der Waals surface area contributed by atoms with Gasteiger partial charge in [-0.25, -0.2) is 9.97 Å². The molecule has 1 aliphatic rings. The normalized spacial score (nSPS) is 13.8. The van der Waals surface area contributed by atoms with Crippen molar-refractivity contribution in [3.8, 4) is 5.75 Å². The first-order chi connectivity index (χ1) is 14.2. The Morgan fingerprint density at radius 1 is 0.966 bits per heavy atom. The monoisotopic (exact) mass is 391 g/mol. The van der Waals surface area contributed by atoms with Crippen molar-refractivity contribution in [3.63, 3.8) is 0 Å². The van der Waals surface area contributed by atoms with Crippen LogP contribution in [-0.4, -0.2) is 59.4 Å². The minimum Gasteiger partial charge on any atom is -0.497 e. The van der Waals surface area contributed by atoms with Gasteiger partial charge in [-0.1, -0.05) is 6.07 Å². The Balaban J connectivity index is 1.36. The number of hydrogen-bond donors (Lipinski definition) is 1. The number of carbonyl (C=O) groups is 1. The topological polar surface area (TPSA) is 96.4 Å². The standard InChI is InChI=1S/C20H21N7O2/c1-29-16-5-2-4-15(14-16)23-19(28)17-6-7-18(25-24-17)26-10-12-27(13-11-26)20-21-8-3-9-22-20/h2-9,14H,10-13H2,1H3,(H,23,28). The second-order valence-corrected chi connectivity index (χ2v) is 6.49. The molecule has 0 unspecified atom stereocenters. The molecule has 1 fully saturated rings. The molecule has 9 nitrogen and oxygen atoms in total. The van der Waals surface area contributed by atoms with Crippen LogP contribution < -0.4 is 19.9 Å². The van der Waals surface area contributed by atoms with Gasteiger partial charge in [-0.3, -0.25) is 4.79 Å². The molecular weight excluding hydrogens is 370 g/mol. The predicted molar refractivity (Wildman–Crippen MR) is 109 cm³/mol. The molecule has 2 aromatic heterocycles. The van der Waals surface area contributed by atoms with Crippen LogP contribution in [0.1, 0.15) is 10.5 Å². The van der Waals surface area contributed by atoms with Crippen molar-refractivity contribution in [1.29, 1.82) is 0 Å². The summed E-state index contributed by atoms with van der Waals surface area (Å²) >= 11 is 0. The summed E-state index contributed by atoms with van der Waals surface area (Å²) in [6.45, 7) is 3.15. The Bertz CT molecular complexity index is 958. The van der Waals surface area contributed by atoms with Gasteiger partial charge in [0.15, 0.2) is 11.5 Å². The van der Waals surface area contributed by atoms with Gasteiger partial charge in [0.2, 0.25) is 5.95 Å². The maximum Gasteiger partial charge on any atom is 0.276 e. The third-order valence-corrected chi connectivity index (χ3v) is 4.65.